The van der Waals surface area contributed by atoms with Crippen molar-refractivity contribution in [3.05, 3.63) is 11.8 Å². The van der Waals surface area contributed by atoms with Crippen LogP contribution in [0.15, 0.2) is 10.6 Å². The Hall–Kier alpha value is -2.07. The Morgan fingerprint density at radius 2 is 2.04 bits per heavy atom. The number of carboxylic acids is 1. The van der Waals surface area contributed by atoms with Gasteiger partial charge in [-0.15, -0.1) is 11.8 Å². The van der Waals surface area contributed by atoms with Crippen LogP contribution in [0.5, 0.6) is 0 Å². The summed E-state index contributed by atoms with van der Waals surface area (Å²) >= 11 is 1.10. The molecule has 0 spiro atoms. The molecule has 0 aliphatic carbocycles. The van der Waals surface area contributed by atoms with Crippen LogP contribution in [0.1, 0.15) is 19.1 Å². The Bertz CT molecular complexity index is 591. The number of nitrogens with one attached hydrogen (secondary N) is 2. The average molecular weight is 359 g/mol. The molecule has 1 aromatic heterocycles. The minimum absolute atomic E-state index is 0.0180. The van der Waals surface area contributed by atoms with Crippen molar-refractivity contribution < 1.29 is 28.8 Å². The lowest BCUT2D eigenvalue weighted by Crippen LogP contribution is -2.51. The van der Waals surface area contributed by atoms with E-state index in [4.69, 9.17) is 14.4 Å². The zero-order chi connectivity index (χ0) is 18.2. The molecule has 0 aromatic carbocycles. The first-order chi connectivity index (χ1) is 11.2. The van der Waals surface area contributed by atoms with Crippen molar-refractivity contribution in [1.82, 2.24) is 10.5 Å². The predicted molar refractivity (Wildman–Crippen MR) is 87.9 cm³/mol. The number of ether oxygens (including phenoxy) is 1. The topological polar surface area (TPSA) is 131 Å². The minimum Gasteiger partial charge on any atom is -0.481 e. The van der Waals surface area contributed by atoms with Gasteiger partial charge in [0.2, 0.25) is 11.8 Å². The highest BCUT2D eigenvalue weighted by Crippen LogP contribution is 2.12. The van der Waals surface area contributed by atoms with Gasteiger partial charge in [-0.1, -0.05) is 5.16 Å². The normalized spacial score (nSPS) is 13.1. The largest absolute Gasteiger partial charge is 0.481 e. The lowest BCUT2D eigenvalue weighted by Gasteiger charge is -2.28. The Kier molecular flexibility index (Phi) is 7.72. The molecule has 0 fully saturated rings. The Labute approximate surface area is 143 Å². The summed E-state index contributed by atoms with van der Waals surface area (Å²) in [5, 5.41) is 17.7. The zero-order valence-electron chi connectivity index (χ0n) is 13.7. The number of anilines is 1. The second kappa shape index (κ2) is 9.28. The number of carbonyl (C=O) groups is 3. The highest BCUT2D eigenvalue weighted by atomic mass is 32.2. The molecule has 9 nitrogen and oxygen atoms in total. The van der Waals surface area contributed by atoms with Gasteiger partial charge in [0.05, 0.1) is 30.1 Å². The van der Waals surface area contributed by atoms with E-state index in [1.807, 2.05) is 0 Å². The van der Waals surface area contributed by atoms with Gasteiger partial charge in [0.25, 0.3) is 0 Å². The van der Waals surface area contributed by atoms with Gasteiger partial charge in [-0.05, 0) is 13.8 Å². The van der Waals surface area contributed by atoms with Crippen LogP contribution in [0, 0.1) is 6.92 Å². The fourth-order valence-corrected chi connectivity index (χ4v) is 2.61. The van der Waals surface area contributed by atoms with Gasteiger partial charge < -0.3 is 25.0 Å². The maximum Gasteiger partial charge on any atom is 0.305 e. The van der Waals surface area contributed by atoms with Crippen LogP contribution in [0.25, 0.3) is 0 Å². The highest BCUT2D eigenvalue weighted by Gasteiger charge is 2.29. The van der Waals surface area contributed by atoms with E-state index < -0.39 is 11.5 Å². The number of hydrogen-bond acceptors (Lipinski definition) is 7. The first kappa shape index (κ1) is 20.0. The van der Waals surface area contributed by atoms with Gasteiger partial charge in [0, 0.05) is 13.2 Å². The molecular weight excluding hydrogens is 338 g/mol. The predicted octanol–water partition coefficient (Wildman–Crippen LogP) is 0.651. The molecule has 1 unspecified atom stereocenters. The second-order valence-electron chi connectivity index (χ2n) is 5.48. The third-order valence-corrected chi connectivity index (χ3v) is 3.74. The summed E-state index contributed by atoms with van der Waals surface area (Å²) < 4.78 is 9.78. The quantitative estimate of drug-likeness (QED) is 0.555. The molecule has 0 bridgehead atoms. The minimum atomic E-state index is -1.04. The molecule has 3 N–H and O–H groups in total. The summed E-state index contributed by atoms with van der Waals surface area (Å²) in [6.45, 7) is 3.37. The number of aliphatic carboxylic acids is 1. The Morgan fingerprint density at radius 3 is 2.58 bits per heavy atom. The fraction of sp³-hybridized carbons (Fsp3) is 0.571. The number of methoxy groups -OCH3 is 1. The third-order valence-electron chi connectivity index (χ3n) is 2.81. The first-order valence-electron chi connectivity index (χ1n) is 7.07. The van der Waals surface area contributed by atoms with Crippen LogP contribution < -0.4 is 10.6 Å². The van der Waals surface area contributed by atoms with Crippen molar-refractivity contribution in [3.8, 4) is 0 Å². The number of aromatic nitrogens is 1. The molecule has 0 aliphatic heterocycles. The third kappa shape index (κ3) is 7.47. The molecule has 0 saturated carbocycles. The van der Waals surface area contributed by atoms with Crippen molar-refractivity contribution in [1.29, 1.82) is 0 Å². The van der Waals surface area contributed by atoms with Crippen LogP contribution in [-0.4, -0.2) is 58.8 Å². The number of aryl methyl sites for hydroxylation is 1. The van der Waals surface area contributed by atoms with E-state index in [-0.39, 0.29) is 36.3 Å². The Balaban J connectivity index is 2.36. The molecule has 1 rings (SSSR count). The summed E-state index contributed by atoms with van der Waals surface area (Å²) in [7, 11) is 1.43. The molecule has 1 atom stereocenters. The van der Waals surface area contributed by atoms with Crippen LogP contribution in [0.2, 0.25) is 0 Å². The van der Waals surface area contributed by atoms with Crippen LogP contribution in [0.4, 0.5) is 5.82 Å². The van der Waals surface area contributed by atoms with E-state index in [1.165, 1.54) is 7.11 Å². The molecule has 134 valence electrons. The van der Waals surface area contributed by atoms with E-state index in [9.17, 15) is 14.4 Å². The number of thioether (sulfide) groups is 1. The van der Waals surface area contributed by atoms with Crippen LogP contribution in [-0.2, 0) is 19.1 Å². The summed E-state index contributed by atoms with van der Waals surface area (Å²) in [4.78, 5) is 34.5. The fourth-order valence-electron chi connectivity index (χ4n) is 2.00. The van der Waals surface area contributed by atoms with Crippen molar-refractivity contribution in [3.63, 3.8) is 0 Å². The lowest BCUT2D eigenvalue weighted by atomic mass is 9.99. The summed E-state index contributed by atoms with van der Waals surface area (Å²) in [5.74, 6) is -0.754. The number of nitrogens with zero attached hydrogens (tertiary/aromatic N) is 1. The lowest BCUT2D eigenvalue weighted by molar-refractivity contribution is -0.139. The van der Waals surface area contributed by atoms with Gasteiger partial charge in [0.1, 0.15) is 5.76 Å². The smallest absolute Gasteiger partial charge is 0.305 e. The van der Waals surface area contributed by atoms with Crippen molar-refractivity contribution >= 4 is 35.4 Å². The molecule has 1 heterocycles. The van der Waals surface area contributed by atoms with E-state index in [1.54, 1.807) is 19.9 Å². The maximum absolute atomic E-state index is 11.9. The van der Waals surface area contributed by atoms with E-state index in [0.717, 1.165) is 11.8 Å². The number of rotatable bonds is 10. The number of amides is 2. The van der Waals surface area contributed by atoms with Crippen molar-refractivity contribution in [2.45, 2.75) is 25.8 Å². The molecule has 1 aromatic rings. The second-order valence-corrected chi connectivity index (χ2v) is 6.46. The zero-order valence-corrected chi connectivity index (χ0v) is 14.6. The van der Waals surface area contributed by atoms with Crippen molar-refractivity contribution in [2.75, 3.05) is 30.5 Å². The monoisotopic (exact) mass is 359 g/mol. The highest BCUT2D eigenvalue weighted by molar-refractivity contribution is 8.00. The van der Waals surface area contributed by atoms with Gasteiger partial charge in [0.15, 0.2) is 5.82 Å². The molecular formula is C14H21N3O6S. The van der Waals surface area contributed by atoms with E-state index in [2.05, 4.69) is 15.8 Å². The van der Waals surface area contributed by atoms with E-state index >= 15 is 0 Å². The number of carbonyl (C=O) groups excluding carboxylic acids is 2. The summed E-state index contributed by atoms with van der Waals surface area (Å²) in [5.41, 5.74) is -1.00. The van der Waals surface area contributed by atoms with Gasteiger partial charge in [-0.25, -0.2) is 0 Å². The molecule has 10 heteroatoms. The molecule has 24 heavy (non-hydrogen) atoms. The number of hydrogen-bond donors (Lipinski definition) is 3. The molecule has 0 radical (unpaired) electrons. The maximum atomic E-state index is 11.9. The standard InChI is InChI=1S/C14H21N3O6S/c1-9-4-10(17-23-9)15-11(18)6-24-7-12(19)16-14(2,8-22-3)5-13(20)21/h4H,5-8H2,1-3H3,(H,16,19)(H,20,21)(H,15,17,18). The molecule has 2 amide bonds. The molecule has 0 aliphatic rings. The Morgan fingerprint density at radius 1 is 1.38 bits per heavy atom. The van der Waals surface area contributed by atoms with Gasteiger partial charge in [-0.2, -0.15) is 0 Å². The van der Waals surface area contributed by atoms with Gasteiger partial charge >= 0.3 is 5.97 Å². The summed E-state index contributed by atoms with van der Waals surface area (Å²) in [6.07, 6.45) is -0.261. The average Bonchev–Trinajstić information content (AvgIpc) is 2.82. The molecule has 0 saturated heterocycles. The van der Waals surface area contributed by atoms with Crippen LogP contribution >= 0.6 is 11.8 Å². The van der Waals surface area contributed by atoms with Crippen molar-refractivity contribution in [2.24, 2.45) is 0 Å². The first-order valence-corrected chi connectivity index (χ1v) is 8.22. The SMILES string of the molecule is COCC(C)(CC(=O)O)NC(=O)CSCC(=O)Nc1cc(C)on1. The van der Waals surface area contributed by atoms with Gasteiger partial charge in [-0.3, -0.25) is 14.4 Å². The van der Waals surface area contributed by atoms with Crippen LogP contribution in [0.3, 0.4) is 0 Å². The van der Waals surface area contributed by atoms with E-state index in [0.29, 0.717) is 11.6 Å². The summed E-state index contributed by atoms with van der Waals surface area (Å²) in [6, 6.07) is 1.58. The number of carboxylic acid groups (broad SMARTS) is 1.